The molecule has 1 heterocycles. The molecule has 0 aliphatic carbocycles. The van der Waals surface area contributed by atoms with Crippen LogP contribution in [0.1, 0.15) is 64.2 Å². The van der Waals surface area contributed by atoms with Gasteiger partial charge in [-0.05, 0) is 31.0 Å². The Labute approximate surface area is 178 Å². The molecule has 0 radical (unpaired) electrons. The van der Waals surface area contributed by atoms with Gasteiger partial charge in [-0.2, -0.15) is 0 Å². The fourth-order valence-electron chi connectivity index (χ4n) is 3.41. The fourth-order valence-corrected chi connectivity index (χ4v) is 5.19. The Morgan fingerprint density at radius 1 is 0.929 bits per heavy atom. The van der Waals surface area contributed by atoms with E-state index in [2.05, 4.69) is 4.72 Å². The van der Waals surface area contributed by atoms with Crippen molar-refractivity contribution in [3.63, 3.8) is 0 Å². The Morgan fingerprint density at radius 2 is 1.54 bits per heavy atom. The first kappa shape index (κ1) is 23.5. The molecule has 0 unspecified atom stereocenters. The number of nitrogens with one attached hydrogen (secondary N) is 1. The van der Waals surface area contributed by atoms with Crippen molar-refractivity contribution in [2.75, 3.05) is 19.6 Å². The van der Waals surface area contributed by atoms with E-state index in [0.29, 0.717) is 24.5 Å². The van der Waals surface area contributed by atoms with Gasteiger partial charge in [0.2, 0.25) is 15.9 Å². The van der Waals surface area contributed by atoms with Gasteiger partial charge in [0.15, 0.2) is 0 Å². The van der Waals surface area contributed by atoms with Crippen LogP contribution < -0.4 is 4.72 Å². The molecule has 0 atom stereocenters. The van der Waals surface area contributed by atoms with Crippen molar-refractivity contribution in [2.24, 2.45) is 0 Å². The SMILES string of the molecule is O=C1CCCCCCCCCCCN1CCNS(=O)(=O)c1cc(Cl)ccc1Cl. The summed E-state index contributed by atoms with van der Waals surface area (Å²) in [7, 11) is -3.78. The van der Waals surface area contributed by atoms with Crippen LogP contribution in [-0.2, 0) is 14.8 Å². The van der Waals surface area contributed by atoms with Crippen LogP contribution in [0.5, 0.6) is 0 Å². The van der Waals surface area contributed by atoms with Gasteiger partial charge < -0.3 is 4.90 Å². The molecule has 1 aliphatic rings. The van der Waals surface area contributed by atoms with E-state index < -0.39 is 10.0 Å². The third-order valence-corrected chi connectivity index (χ3v) is 7.21. The molecular weight excluding hydrogens is 419 g/mol. The van der Waals surface area contributed by atoms with Crippen LogP contribution in [0.4, 0.5) is 0 Å². The number of nitrogens with zero attached hydrogens (tertiary/aromatic N) is 1. The van der Waals surface area contributed by atoms with Gasteiger partial charge in [0.1, 0.15) is 4.90 Å². The maximum Gasteiger partial charge on any atom is 0.242 e. The molecule has 28 heavy (non-hydrogen) atoms. The van der Waals surface area contributed by atoms with Crippen molar-refractivity contribution in [2.45, 2.75) is 69.1 Å². The first-order chi connectivity index (χ1) is 13.4. The lowest BCUT2D eigenvalue weighted by molar-refractivity contribution is -0.131. The number of benzene rings is 1. The van der Waals surface area contributed by atoms with Gasteiger partial charge >= 0.3 is 0 Å². The highest BCUT2D eigenvalue weighted by molar-refractivity contribution is 7.89. The maximum atomic E-state index is 12.6. The molecule has 1 saturated heterocycles. The van der Waals surface area contributed by atoms with Gasteiger partial charge in [-0.3, -0.25) is 4.79 Å². The normalized spacial score (nSPS) is 18.2. The second-order valence-electron chi connectivity index (χ2n) is 7.29. The molecule has 1 aliphatic heterocycles. The quantitative estimate of drug-likeness (QED) is 0.687. The smallest absolute Gasteiger partial charge is 0.242 e. The first-order valence-corrected chi connectivity index (χ1v) is 12.4. The molecule has 8 heteroatoms. The van der Waals surface area contributed by atoms with Crippen LogP contribution in [0.15, 0.2) is 23.1 Å². The van der Waals surface area contributed by atoms with E-state index in [1.165, 1.54) is 44.2 Å². The third kappa shape index (κ3) is 7.90. The summed E-state index contributed by atoms with van der Waals surface area (Å²) in [5, 5.41) is 0.425. The number of amides is 1. The number of rotatable bonds is 5. The average Bonchev–Trinajstić information content (AvgIpc) is 2.67. The molecule has 0 spiro atoms. The second kappa shape index (κ2) is 12.0. The maximum absolute atomic E-state index is 12.6. The highest BCUT2D eigenvalue weighted by Crippen LogP contribution is 2.24. The van der Waals surface area contributed by atoms with Crippen LogP contribution >= 0.6 is 23.2 Å². The molecule has 2 rings (SSSR count). The third-order valence-electron chi connectivity index (χ3n) is 5.03. The minimum Gasteiger partial charge on any atom is -0.341 e. The average molecular weight is 449 g/mol. The lowest BCUT2D eigenvalue weighted by Gasteiger charge is -2.23. The van der Waals surface area contributed by atoms with Gasteiger partial charge in [0.25, 0.3) is 0 Å². The van der Waals surface area contributed by atoms with Crippen LogP contribution in [0, 0.1) is 0 Å². The van der Waals surface area contributed by atoms with E-state index in [1.54, 1.807) is 11.0 Å². The van der Waals surface area contributed by atoms with Crippen molar-refractivity contribution in [3.05, 3.63) is 28.2 Å². The van der Waals surface area contributed by atoms with Crippen molar-refractivity contribution >= 4 is 39.1 Å². The summed E-state index contributed by atoms with van der Waals surface area (Å²) in [6.07, 6.45) is 10.8. The molecule has 1 fully saturated rings. The molecule has 1 aromatic carbocycles. The molecular formula is C20H30Cl2N2O3S. The van der Waals surface area contributed by atoms with Gasteiger partial charge in [0, 0.05) is 31.1 Å². The number of carbonyl (C=O) groups excluding carboxylic acids is 1. The summed E-state index contributed by atoms with van der Waals surface area (Å²) in [5.74, 6) is 0.110. The molecule has 1 N–H and O–H groups in total. The summed E-state index contributed by atoms with van der Waals surface area (Å²) >= 11 is 11.9. The monoisotopic (exact) mass is 448 g/mol. The summed E-state index contributed by atoms with van der Waals surface area (Å²) in [5.41, 5.74) is 0. The van der Waals surface area contributed by atoms with Crippen molar-refractivity contribution in [1.29, 1.82) is 0 Å². The van der Waals surface area contributed by atoms with E-state index in [-0.39, 0.29) is 22.4 Å². The van der Waals surface area contributed by atoms with Gasteiger partial charge in [-0.15, -0.1) is 0 Å². The summed E-state index contributed by atoms with van der Waals surface area (Å²) < 4.78 is 27.6. The van der Waals surface area contributed by atoms with Crippen molar-refractivity contribution < 1.29 is 13.2 Å². The molecule has 1 amide bonds. The summed E-state index contributed by atoms with van der Waals surface area (Å²) in [6.45, 7) is 1.19. The zero-order valence-electron chi connectivity index (χ0n) is 16.3. The standard InChI is InChI=1S/C20H30Cl2N2O3S/c21-17-11-12-18(22)19(16-17)28(26,27)23-13-15-24-14-9-7-5-3-1-2-4-6-8-10-20(24)25/h11-12,16,23H,1-10,13-15H2. The van der Waals surface area contributed by atoms with Gasteiger partial charge in [0.05, 0.1) is 5.02 Å². The number of hydrogen-bond acceptors (Lipinski definition) is 3. The highest BCUT2D eigenvalue weighted by atomic mass is 35.5. The number of halogens is 2. The van der Waals surface area contributed by atoms with E-state index in [4.69, 9.17) is 23.2 Å². The lowest BCUT2D eigenvalue weighted by atomic mass is 10.1. The van der Waals surface area contributed by atoms with Crippen LogP contribution in [0.25, 0.3) is 0 Å². The Kier molecular flexibility index (Phi) is 10.1. The predicted octanol–water partition coefficient (Wildman–Crippen LogP) is 5.01. The topological polar surface area (TPSA) is 66.5 Å². The predicted molar refractivity (Wildman–Crippen MR) is 114 cm³/mol. The fraction of sp³-hybridized carbons (Fsp3) is 0.650. The zero-order valence-corrected chi connectivity index (χ0v) is 18.6. The number of carbonyl (C=O) groups is 1. The van der Waals surface area contributed by atoms with E-state index in [1.807, 2.05) is 0 Å². The summed E-state index contributed by atoms with van der Waals surface area (Å²) in [4.78, 5) is 14.3. The highest BCUT2D eigenvalue weighted by Gasteiger charge is 2.19. The first-order valence-electron chi connectivity index (χ1n) is 10.1. The van der Waals surface area contributed by atoms with Crippen LogP contribution in [0.2, 0.25) is 10.0 Å². The van der Waals surface area contributed by atoms with Gasteiger partial charge in [-0.25, -0.2) is 13.1 Å². The Balaban J connectivity index is 1.93. The zero-order chi connectivity index (χ0) is 20.4. The van der Waals surface area contributed by atoms with E-state index >= 15 is 0 Å². The van der Waals surface area contributed by atoms with E-state index in [9.17, 15) is 13.2 Å². The molecule has 0 aromatic heterocycles. The lowest BCUT2D eigenvalue weighted by Crippen LogP contribution is -2.39. The second-order valence-corrected chi connectivity index (χ2v) is 9.86. The largest absolute Gasteiger partial charge is 0.341 e. The Hall–Kier alpha value is -0.820. The van der Waals surface area contributed by atoms with Crippen LogP contribution in [-0.4, -0.2) is 38.9 Å². The Morgan fingerprint density at radius 3 is 2.21 bits per heavy atom. The van der Waals surface area contributed by atoms with Crippen molar-refractivity contribution in [1.82, 2.24) is 9.62 Å². The summed E-state index contributed by atoms with van der Waals surface area (Å²) in [6, 6.07) is 4.33. The van der Waals surface area contributed by atoms with Crippen LogP contribution in [0.3, 0.4) is 0 Å². The molecule has 5 nitrogen and oxygen atoms in total. The molecule has 158 valence electrons. The minimum atomic E-state index is -3.78. The molecule has 0 bridgehead atoms. The minimum absolute atomic E-state index is 0.0436. The Bertz CT molecular complexity index is 741. The van der Waals surface area contributed by atoms with E-state index in [0.717, 1.165) is 25.7 Å². The molecule has 1 aromatic rings. The van der Waals surface area contributed by atoms with Gasteiger partial charge in [-0.1, -0.05) is 68.1 Å². The van der Waals surface area contributed by atoms with Crippen molar-refractivity contribution in [3.8, 4) is 0 Å². The molecule has 0 saturated carbocycles. The number of sulfonamides is 1. The number of hydrogen-bond donors (Lipinski definition) is 1.